The van der Waals surface area contributed by atoms with E-state index >= 15 is 0 Å². The molecule has 90 valence electrons. The van der Waals surface area contributed by atoms with Gasteiger partial charge >= 0.3 is 65.3 Å². The van der Waals surface area contributed by atoms with Gasteiger partial charge in [-0.25, -0.2) is 0 Å². The van der Waals surface area contributed by atoms with Gasteiger partial charge in [-0.1, -0.05) is 13.0 Å². The minimum absolute atomic E-state index is 0. The normalized spacial score (nSPS) is 12.8. The Balaban J connectivity index is 0.00000133. The molecule has 1 aliphatic rings. The van der Waals surface area contributed by atoms with Crippen LogP contribution in [0.5, 0.6) is 11.5 Å². The Morgan fingerprint density at radius 1 is 1.26 bits per heavy atom. The van der Waals surface area contributed by atoms with Gasteiger partial charge in [0, 0.05) is 5.75 Å². The average Bonchev–Trinajstić information content (AvgIpc) is 2.74. The monoisotopic (exact) mass is 324 g/mol. The Labute approximate surface area is 161 Å². The molecule has 0 unspecified atom stereocenters. The maximum Gasteiger partial charge on any atom is 1.00 e. The third kappa shape index (κ3) is 3.57. The molecule has 0 saturated heterocycles. The summed E-state index contributed by atoms with van der Waals surface area (Å²) in [5.41, 5.74) is 2.86. The van der Waals surface area contributed by atoms with Crippen LogP contribution in [-0.2, 0) is 11.3 Å². The van der Waals surface area contributed by atoms with Crippen molar-refractivity contribution in [2.75, 3.05) is 0 Å². The second-order valence-corrected chi connectivity index (χ2v) is 4.33. The van der Waals surface area contributed by atoms with Gasteiger partial charge in [-0.2, -0.15) is 17.7 Å². The molecular weight excluding hydrogens is 312 g/mol. The fourth-order valence-corrected chi connectivity index (χ4v) is 1.96. The van der Waals surface area contributed by atoms with Crippen LogP contribution in [0, 0.1) is 13.0 Å². The molecule has 3 rings (SSSR count). The Hall–Kier alpha value is 0.0301. The third-order valence-electron chi connectivity index (χ3n) is 2.95. The molecule has 0 bridgehead atoms. The van der Waals surface area contributed by atoms with E-state index in [0.29, 0.717) is 6.61 Å². The summed E-state index contributed by atoms with van der Waals surface area (Å²) < 4.78 is 10.9. The van der Waals surface area contributed by atoms with E-state index in [2.05, 4.69) is 6.07 Å². The van der Waals surface area contributed by atoms with Crippen LogP contribution in [0.4, 0.5) is 0 Å². The first kappa shape index (κ1) is 15.4. The van der Waals surface area contributed by atoms with E-state index in [1.165, 1.54) is 0 Å². The molecule has 0 radical (unpaired) electrons. The Morgan fingerprint density at radius 2 is 2.05 bits per heavy atom. The smallest absolute Gasteiger partial charge is 0.517 e. The van der Waals surface area contributed by atoms with Crippen molar-refractivity contribution in [2.24, 2.45) is 0 Å². The van der Waals surface area contributed by atoms with Crippen molar-refractivity contribution < 1.29 is 72.6 Å². The molecule has 5 heteroatoms. The van der Waals surface area contributed by atoms with Crippen LogP contribution in [0.1, 0.15) is 11.1 Å². The van der Waals surface area contributed by atoms with E-state index < -0.39 is 7.12 Å². The largest absolute Gasteiger partial charge is 1.00 e. The minimum Gasteiger partial charge on any atom is -0.517 e. The summed E-state index contributed by atoms with van der Waals surface area (Å²) in [6, 6.07) is 14.3. The SMILES string of the molecule is Cc1[c-]cc(Oc2ccc3c(c2)COB3O)cc1.[Rb+]. The molecule has 0 aliphatic carbocycles. The number of hydrogen-bond acceptors (Lipinski definition) is 3. The summed E-state index contributed by atoms with van der Waals surface area (Å²) in [6.07, 6.45) is 0. The Morgan fingerprint density at radius 3 is 2.79 bits per heavy atom. The van der Waals surface area contributed by atoms with Crippen LogP contribution < -0.4 is 68.4 Å². The summed E-state index contributed by atoms with van der Waals surface area (Å²) in [7, 11) is -0.804. The first-order chi connectivity index (χ1) is 8.72. The second-order valence-electron chi connectivity index (χ2n) is 4.33. The van der Waals surface area contributed by atoms with Crippen LogP contribution in [0.3, 0.4) is 0 Å². The van der Waals surface area contributed by atoms with E-state index in [-0.39, 0.29) is 58.2 Å². The first-order valence-electron chi connectivity index (χ1n) is 5.81. The average molecular weight is 325 g/mol. The molecule has 19 heavy (non-hydrogen) atoms. The zero-order valence-corrected chi connectivity index (χ0v) is 15.9. The standard InChI is InChI=1S/C14H12BO3.Rb/c1-10-2-4-12(5-3-10)18-13-6-7-14-11(8-13)9-17-15(14)16;/h2,4-8,16H,9H2,1H3;/q-1;+1. The predicted molar refractivity (Wildman–Crippen MR) is 68.9 cm³/mol. The van der Waals surface area contributed by atoms with Crippen molar-refractivity contribution in [3.05, 3.63) is 53.6 Å². The van der Waals surface area contributed by atoms with E-state index in [9.17, 15) is 5.02 Å². The van der Waals surface area contributed by atoms with Crippen molar-refractivity contribution in [3.63, 3.8) is 0 Å². The van der Waals surface area contributed by atoms with Gasteiger partial charge in [-0.3, -0.25) is 0 Å². The molecule has 0 fully saturated rings. The van der Waals surface area contributed by atoms with Gasteiger partial charge in [0.2, 0.25) is 0 Å². The molecule has 1 aliphatic heterocycles. The van der Waals surface area contributed by atoms with Crippen molar-refractivity contribution in [1.29, 1.82) is 0 Å². The van der Waals surface area contributed by atoms with Crippen LogP contribution >= 0.6 is 0 Å². The molecule has 2 aromatic rings. The molecule has 1 heterocycles. The van der Waals surface area contributed by atoms with Gasteiger partial charge in [0.25, 0.3) is 0 Å². The van der Waals surface area contributed by atoms with E-state index in [0.717, 1.165) is 28.1 Å². The van der Waals surface area contributed by atoms with E-state index in [1.807, 2.05) is 43.3 Å². The summed E-state index contributed by atoms with van der Waals surface area (Å²) in [5.74, 6) is 1.49. The summed E-state index contributed by atoms with van der Waals surface area (Å²) in [6.45, 7) is 2.41. The molecule has 0 amide bonds. The van der Waals surface area contributed by atoms with E-state index in [1.54, 1.807) is 0 Å². The van der Waals surface area contributed by atoms with Gasteiger partial charge in [0.05, 0.1) is 6.61 Å². The quantitative estimate of drug-likeness (QED) is 0.558. The zero-order valence-electron chi connectivity index (χ0n) is 11.0. The topological polar surface area (TPSA) is 38.7 Å². The molecular formula is C14H12BO3Rb. The van der Waals surface area contributed by atoms with Crippen LogP contribution in [0.2, 0.25) is 0 Å². The number of rotatable bonds is 2. The summed E-state index contributed by atoms with van der Waals surface area (Å²) >= 11 is 0. The van der Waals surface area contributed by atoms with Crippen LogP contribution in [-0.4, -0.2) is 12.1 Å². The van der Waals surface area contributed by atoms with Crippen molar-refractivity contribution >= 4 is 12.6 Å². The Bertz CT molecular complexity index is 571. The zero-order chi connectivity index (χ0) is 12.5. The fourth-order valence-electron chi connectivity index (χ4n) is 1.96. The predicted octanol–water partition coefficient (Wildman–Crippen LogP) is -1.19. The molecule has 2 aromatic carbocycles. The van der Waals surface area contributed by atoms with Crippen LogP contribution in [0.15, 0.2) is 36.4 Å². The van der Waals surface area contributed by atoms with Gasteiger partial charge in [0.1, 0.15) is 5.75 Å². The molecule has 0 saturated carbocycles. The second kappa shape index (κ2) is 6.66. The number of hydrogen-bond donors (Lipinski definition) is 1. The Kier molecular flexibility index (Phi) is 5.40. The fraction of sp³-hybridized carbons (Fsp3) is 0.143. The number of benzene rings is 2. The van der Waals surface area contributed by atoms with Gasteiger partial charge in [-0.15, -0.1) is 12.1 Å². The molecule has 0 atom stereocenters. The number of aryl methyl sites for hydroxylation is 1. The maximum atomic E-state index is 9.52. The third-order valence-corrected chi connectivity index (χ3v) is 2.95. The first-order valence-corrected chi connectivity index (χ1v) is 5.81. The number of fused-ring (bicyclic) bond motifs is 1. The van der Waals surface area contributed by atoms with Gasteiger partial charge in [0.15, 0.2) is 0 Å². The molecule has 0 aromatic heterocycles. The number of ether oxygens (including phenoxy) is 1. The molecule has 3 nitrogen and oxygen atoms in total. The maximum absolute atomic E-state index is 9.52. The minimum atomic E-state index is -0.804. The van der Waals surface area contributed by atoms with E-state index in [4.69, 9.17) is 9.39 Å². The van der Waals surface area contributed by atoms with Crippen LogP contribution in [0.25, 0.3) is 0 Å². The van der Waals surface area contributed by atoms with Gasteiger partial charge in [-0.05, 0) is 23.2 Å². The van der Waals surface area contributed by atoms with Crippen molar-refractivity contribution in [1.82, 2.24) is 0 Å². The van der Waals surface area contributed by atoms with Gasteiger partial charge < -0.3 is 14.4 Å². The summed E-state index contributed by atoms with van der Waals surface area (Å²) in [4.78, 5) is 0. The summed E-state index contributed by atoms with van der Waals surface area (Å²) in [5, 5.41) is 9.52. The molecule has 1 N–H and O–H groups in total. The molecule has 0 spiro atoms. The van der Waals surface area contributed by atoms with Crippen molar-refractivity contribution in [3.8, 4) is 11.5 Å². The van der Waals surface area contributed by atoms with Crippen molar-refractivity contribution in [2.45, 2.75) is 13.5 Å².